The van der Waals surface area contributed by atoms with Crippen LogP contribution in [0.1, 0.15) is 33.1 Å². The highest BCUT2D eigenvalue weighted by molar-refractivity contribution is 14.1. The summed E-state index contributed by atoms with van der Waals surface area (Å²) in [4.78, 5) is 5.08. The molecular formula is C16H19I2N. The molecule has 3 rings (SSSR count). The third kappa shape index (κ3) is 2.01. The third-order valence-electron chi connectivity index (χ3n) is 5.50. The van der Waals surface area contributed by atoms with Crippen molar-refractivity contribution in [3.05, 3.63) is 27.8 Å². The van der Waals surface area contributed by atoms with E-state index < -0.39 is 0 Å². The molecule has 0 radical (unpaired) electrons. The van der Waals surface area contributed by atoms with Gasteiger partial charge >= 0.3 is 0 Å². The van der Waals surface area contributed by atoms with Crippen molar-refractivity contribution in [3.8, 4) is 0 Å². The maximum absolute atomic E-state index is 5.08. The SMILES string of the molecule is CC1(C)C2CCC1(CI)C(=Nc1ccccc1I)C2. The fourth-order valence-electron chi connectivity index (χ4n) is 3.95. The minimum atomic E-state index is 0.344. The first-order valence-electron chi connectivity index (χ1n) is 6.90. The molecule has 0 spiro atoms. The Balaban J connectivity index is 2.06. The van der Waals surface area contributed by atoms with Gasteiger partial charge in [-0.1, -0.05) is 48.6 Å². The zero-order valence-corrected chi connectivity index (χ0v) is 15.7. The molecule has 2 saturated carbocycles. The van der Waals surface area contributed by atoms with Crippen molar-refractivity contribution in [2.75, 3.05) is 4.43 Å². The van der Waals surface area contributed by atoms with Crippen LogP contribution in [0.3, 0.4) is 0 Å². The Morgan fingerprint density at radius 1 is 1.32 bits per heavy atom. The summed E-state index contributed by atoms with van der Waals surface area (Å²) >= 11 is 4.97. The lowest BCUT2D eigenvalue weighted by molar-refractivity contribution is 0.201. The molecular weight excluding hydrogens is 460 g/mol. The van der Waals surface area contributed by atoms with E-state index in [0.29, 0.717) is 10.8 Å². The summed E-state index contributed by atoms with van der Waals surface area (Å²) in [5.74, 6) is 0.836. The maximum atomic E-state index is 5.08. The average molecular weight is 479 g/mol. The predicted octanol–water partition coefficient (Wildman–Crippen LogP) is 5.63. The van der Waals surface area contributed by atoms with Gasteiger partial charge in [0, 0.05) is 19.1 Å². The van der Waals surface area contributed by atoms with Gasteiger partial charge in [-0.05, 0) is 65.3 Å². The van der Waals surface area contributed by atoms with Crippen LogP contribution in [-0.4, -0.2) is 10.1 Å². The van der Waals surface area contributed by atoms with Gasteiger partial charge in [-0.25, -0.2) is 0 Å². The van der Waals surface area contributed by atoms with Gasteiger partial charge in [-0.2, -0.15) is 0 Å². The van der Waals surface area contributed by atoms with E-state index in [9.17, 15) is 0 Å². The number of halogens is 2. The molecule has 3 heteroatoms. The lowest BCUT2D eigenvalue weighted by atomic mass is 9.70. The van der Waals surface area contributed by atoms with Crippen molar-refractivity contribution < 1.29 is 0 Å². The van der Waals surface area contributed by atoms with Crippen LogP contribution in [0.15, 0.2) is 29.3 Å². The molecule has 0 heterocycles. The first-order valence-corrected chi connectivity index (χ1v) is 9.50. The van der Waals surface area contributed by atoms with Crippen LogP contribution in [0.2, 0.25) is 0 Å². The number of rotatable bonds is 2. The van der Waals surface area contributed by atoms with Crippen LogP contribution in [-0.2, 0) is 0 Å². The van der Waals surface area contributed by atoms with Crippen LogP contribution in [0.25, 0.3) is 0 Å². The largest absolute Gasteiger partial charge is 0.256 e. The Hall–Kier alpha value is 0.350. The Labute approximate surface area is 142 Å². The van der Waals surface area contributed by atoms with Gasteiger partial charge < -0.3 is 0 Å². The highest BCUT2D eigenvalue weighted by Gasteiger charge is 2.61. The van der Waals surface area contributed by atoms with E-state index in [0.717, 1.165) is 11.6 Å². The highest BCUT2D eigenvalue weighted by atomic mass is 127. The normalized spacial score (nSPS) is 34.1. The fraction of sp³-hybridized carbons (Fsp3) is 0.562. The van der Waals surface area contributed by atoms with Gasteiger partial charge in [-0.15, -0.1) is 0 Å². The summed E-state index contributed by atoms with van der Waals surface area (Å²) in [6.07, 6.45) is 3.93. The fourth-order valence-corrected chi connectivity index (χ4v) is 6.27. The molecule has 1 aromatic carbocycles. The van der Waals surface area contributed by atoms with Crippen LogP contribution in [0.5, 0.6) is 0 Å². The molecule has 2 unspecified atom stereocenters. The molecule has 0 amide bonds. The van der Waals surface area contributed by atoms with E-state index in [4.69, 9.17) is 4.99 Å². The summed E-state index contributed by atoms with van der Waals surface area (Å²) in [5, 5.41) is 0. The summed E-state index contributed by atoms with van der Waals surface area (Å²) in [7, 11) is 0. The Morgan fingerprint density at radius 3 is 2.68 bits per heavy atom. The van der Waals surface area contributed by atoms with Crippen LogP contribution in [0, 0.1) is 20.3 Å². The van der Waals surface area contributed by atoms with Crippen molar-refractivity contribution in [2.45, 2.75) is 33.1 Å². The van der Waals surface area contributed by atoms with Gasteiger partial charge in [0.05, 0.1) is 5.69 Å². The highest BCUT2D eigenvalue weighted by Crippen LogP contribution is 2.65. The maximum Gasteiger partial charge on any atom is 0.0762 e. The van der Waals surface area contributed by atoms with Crippen molar-refractivity contribution >= 4 is 56.6 Å². The van der Waals surface area contributed by atoms with Crippen LogP contribution < -0.4 is 0 Å². The monoisotopic (exact) mass is 479 g/mol. The Kier molecular flexibility index (Phi) is 3.74. The molecule has 2 aliphatic carbocycles. The molecule has 0 N–H and O–H groups in total. The first-order chi connectivity index (χ1) is 9.01. The number of hydrogen-bond acceptors (Lipinski definition) is 1. The van der Waals surface area contributed by atoms with Crippen molar-refractivity contribution in [1.82, 2.24) is 0 Å². The summed E-state index contributed by atoms with van der Waals surface area (Å²) in [6.45, 7) is 4.92. The number of fused-ring (bicyclic) bond motifs is 2. The number of nitrogens with zero attached hydrogens (tertiary/aromatic N) is 1. The number of alkyl halides is 1. The number of aliphatic imine (C=N–C) groups is 1. The molecule has 102 valence electrons. The molecule has 2 aliphatic rings. The van der Waals surface area contributed by atoms with Gasteiger partial charge in [-0.3, -0.25) is 4.99 Å². The van der Waals surface area contributed by atoms with E-state index in [1.165, 1.54) is 33.0 Å². The van der Waals surface area contributed by atoms with Crippen molar-refractivity contribution in [3.63, 3.8) is 0 Å². The third-order valence-corrected chi connectivity index (χ3v) is 7.72. The van der Waals surface area contributed by atoms with E-state index in [1.54, 1.807) is 0 Å². The Bertz CT molecular complexity index is 535. The summed E-state index contributed by atoms with van der Waals surface area (Å²) in [5.41, 5.74) is 3.39. The standard InChI is InChI=1S/C16H19I2N/c1-15(2)11-7-8-16(15,10-17)14(9-11)19-13-6-4-3-5-12(13)18/h3-6,11H,7-10H2,1-2H3. The van der Waals surface area contributed by atoms with E-state index in [1.807, 2.05) is 0 Å². The minimum absolute atomic E-state index is 0.344. The Morgan fingerprint density at radius 2 is 2.05 bits per heavy atom. The molecule has 2 atom stereocenters. The van der Waals surface area contributed by atoms with Crippen LogP contribution >= 0.6 is 45.2 Å². The second-order valence-electron chi connectivity index (χ2n) is 6.39. The average Bonchev–Trinajstić information content (AvgIpc) is 2.76. The molecule has 0 saturated heterocycles. The number of benzene rings is 1. The second kappa shape index (κ2) is 4.97. The smallest absolute Gasteiger partial charge is 0.0762 e. The zero-order chi connectivity index (χ0) is 13.7. The number of hydrogen-bond donors (Lipinski definition) is 0. The lowest BCUT2D eigenvalue weighted by Crippen LogP contribution is -2.37. The minimum Gasteiger partial charge on any atom is -0.256 e. The van der Waals surface area contributed by atoms with Gasteiger partial charge in [0.1, 0.15) is 0 Å². The van der Waals surface area contributed by atoms with Crippen molar-refractivity contribution in [1.29, 1.82) is 0 Å². The number of para-hydroxylation sites is 1. The predicted molar refractivity (Wildman–Crippen MR) is 98.7 cm³/mol. The molecule has 1 nitrogen and oxygen atoms in total. The second-order valence-corrected chi connectivity index (χ2v) is 8.31. The lowest BCUT2D eigenvalue weighted by Gasteiger charge is -2.37. The quantitative estimate of drug-likeness (QED) is 0.386. The summed E-state index contributed by atoms with van der Waals surface area (Å²) in [6, 6.07) is 8.48. The molecule has 1 aromatic rings. The topological polar surface area (TPSA) is 12.4 Å². The zero-order valence-electron chi connectivity index (χ0n) is 11.4. The molecule has 0 aliphatic heterocycles. The van der Waals surface area contributed by atoms with Gasteiger partial charge in [0.2, 0.25) is 0 Å². The molecule has 19 heavy (non-hydrogen) atoms. The molecule has 0 aromatic heterocycles. The molecule has 2 fully saturated rings. The van der Waals surface area contributed by atoms with E-state index >= 15 is 0 Å². The molecule has 2 bridgehead atoms. The summed E-state index contributed by atoms with van der Waals surface area (Å²) < 4.78 is 2.47. The van der Waals surface area contributed by atoms with Crippen molar-refractivity contribution in [2.24, 2.45) is 21.7 Å². The van der Waals surface area contributed by atoms with Crippen LogP contribution in [0.4, 0.5) is 5.69 Å². The first kappa shape index (κ1) is 14.3. The van der Waals surface area contributed by atoms with E-state index in [-0.39, 0.29) is 0 Å². The van der Waals surface area contributed by atoms with Gasteiger partial charge in [0.15, 0.2) is 0 Å². The van der Waals surface area contributed by atoms with Gasteiger partial charge in [0.25, 0.3) is 0 Å². The van der Waals surface area contributed by atoms with E-state index in [2.05, 4.69) is 83.3 Å².